The molecule has 0 rings (SSSR count). The van der Waals surface area contributed by atoms with Crippen LogP contribution in [-0.2, 0) is 4.79 Å². The summed E-state index contributed by atoms with van der Waals surface area (Å²) >= 11 is 0. The fraction of sp³-hybridized carbons (Fsp3) is 0.900. The van der Waals surface area contributed by atoms with E-state index in [4.69, 9.17) is 5.11 Å². The number of aliphatic carboxylic acids is 1. The van der Waals surface area contributed by atoms with Crippen LogP contribution in [0.3, 0.4) is 0 Å². The largest absolute Gasteiger partial charge is 0.550 e. The van der Waals surface area contributed by atoms with E-state index >= 15 is 0 Å². The predicted octanol–water partition coefficient (Wildman–Crippen LogP) is -0.534. The van der Waals surface area contributed by atoms with Crippen LogP contribution < -0.4 is 5.11 Å². The first-order chi connectivity index (χ1) is 6.06. The Bertz CT molecular complexity index is 159. The number of carbonyl (C=O) groups is 1. The lowest BCUT2D eigenvalue weighted by atomic mass is 10.2. The van der Waals surface area contributed by atoms with Crippen LogP contribution in [0, 0.1) is 5.92 Å². The van der Waals surface area contributed by atoms with E-state index in [1.807, 2.05) is 6.92 Å². The van der Waals surface area contributed by atoms with E-state index in [2.05, 4.69) is 21.1 Å². The number of quaternary nitrogens is 1. The Kier molecular flexibility index (Phi) is 7.68. The van der Waals surface area contributed by atoms with E-state index in [-0.39, 0.29) is 12.0 Å². The van der Waals surface area contributed by atoms with Gasteiger partial charge >= 0.3 is 0 Å². The maximum Gasteiger partial charge on any atom is 0.104 e. The maximum absolute atomic E-state index is 9.59. The Balaban J connectivity index is 0. The van der Waals surface area contributed by atoms with Gasteiger partial charge in [-0.1, -0.05) is 13.8 Å². The Morgan fingerprint density at radius 1 is 1.29 bits per heavy atom. The van der Waals surface area contributed by atoms with Gasteiger partial charge in [0.1, 0.15) is 12.6 Å². The Labute approximate surface area is 86.7 Å². The first kappa shape index (κ1) is 15.8. The third-order valence-corrected chi connectivity index (χ3v) is 1.28. The number of hydrogen-bond acceptors (Lipinski definition) is 3. The van der Waals surface area contributed by atoms with E-state index in [0.29, 0.717) is 0 Å². The topological polar surface area (TPSA) is 60.4 Å². The molecule has 0 amide bonds. The molecule has 4 nitrogen and oxygen atoms in total. The molecule has 4 heteroatoms. The number of carboxylic acid groups (broad SMARTS) is 1. The molecule has 0 bridgehead atoms. The van der Waals surface area contributed by atoms with Gasteiger partial charge < -0.3 is 19.5 Å². The molecule has 0 saturated carbocycles. The van der Waals surface area contributed by atoms with Crippen molar-refractivity contribution in [1.82, 2.24) is 0 Å². The van der Waals surface area contributed by atoms with Crippen molar-refractivity contribution in [1.29, 1.82) is 0 Å². The van der Waals surface area contributed by atoms with Gasteiger partial charge in [0, 0.05) is 5.97 Å². The van der Waals surface area contributed by atoms with Gasteiger partial charge in [-0.2, -0.15) is 0 Å². The normalized spacial score (nSPS) is 13.1. The van der Waals surface area contributed by atoms with Crippen LogP contribution in [0.4, 0.5) is 0 Å². The highest BCUT2D eigenvalue weighted by Gasteiger charge is 2.09. The number of carboxylic acids is 1. The Morgan fingerprint density at radius 2 is 1.57 bits per heavy atom. The number of carbonyl (C=O) groups excluding carboxylic acids is 1. The van der Waals surface area contributed by atoms with Crippen molar-refractivity contribution in [3.63, 3.8) is 0 Å². The first-order valence-corrected chi connectivity index (χ1v) is 4.75. The summed E-state index contributed by atoms with van der Waals surface area (Å²) in [6, 6.07) is 0. The third kappa shape index (κ3) is 17.5. The SMILES string of the molecule is CC(C)C(=O)[O-].CC(O)C[N+](C)(C)C. The quantitative estimate of drug-likeness (QED) is 0.630. The van der Waals surface area contributed by atoms with Crippen LogP contribution in [0.15, 0.2) is 0 Å². The Morgan fingerprint density at radius 3 is 1.57 bits per heavy atom. The molecule has 0 aliphatic rings. The minimum Gasteiger partial charge on any atom is -0.550 e. The fourth-order valence-electron chi connectivity index (χ4n) is 0.793. The molecule has 0 fully saturated rings. The van der Waals surface area contributed by atoms with Crippen molar-refractivity contribution in [2.45, 2.75) is 26.9 Å². The predicted molar refractivity (Wildman–Crippen MR) is 54.4 cm³/mol. The molecule has 0 radical (unpaired) electrons. The van der Waals surface area contributed by atoms with Crippen LogP contribution in [0.2, 0.25) is 0 Å². The van der Waals surface area contributed by atoms with E-state index in [0.717, 1.165) is 11.0 Å². The molecule has 0 aromatic carbocycles. The van der Waals surface area contributed by atoms with E-state index < -0.39 is 5.97 Å². The van der Waals surface area contributed by atoms with Crippen LogP contribution >= 0.6 is 0 Å². The molecule has 14 heavy (non-hydrogen) atoms. The summed E-state index contributed by atoms with van der Waals surface area (Å²) in [5.41, 5.74) is 0. The van der Waals surface area contributed by atoms with Gasteiger partial charge in [0.15, 0.2) is 0 Å². The second kappa shape index (κ2) is 6.79. The van der Waals surface area contributed by atoms with Crippen LogP contribution in [0.5, 0.6) is 0 Å². The van der Waals surface area contributed by atoms with Gasteiger partial charge in [-0.15, -0.1) is 0 Å². The molecule has 0 aliphatic heterocycles. The second-order valence-electron chi connectivity index (χ2n) is 4.80. The molecule has 0 saturated heterocycles. The molecule has 1 N–H and O–H groups in total. The minimum atomic E-state index is -0.991. The maximum atomic E-state index is 9.59. The minimum absolute atomic E-state index is 0.185. The molecule has 0 aromatic heterocycles. The van der Waals surface area contributed by atoms with Gasteiger partial charge in [-0.25, -0.2) is 0 Å². The van der Waals surface area contributed by atoms with Gasteiger partial charge in [-0.05, 0) is 12.8 Å². The smallest absolute Gasteiger partial charge is 0.104 e. The summed E-state index contributed by atoms with van der Waals surface area (Å²) in [5, 5.41) is 18.5. The van der Waals surface area contributed by atoms with E-state index in [1.165, 1.54) is 0 Å². The number of aliphatic hydroxyl groups is 1. The van der Waals surface area contributed by atoms with Gasteiger partial charge in [0.25, 0.3) is 0 Å². The zero-order chi connectivity index (χ0) is 11.9. The monoisotopic (exact) mass is 205 g/mol. The molecule has 0 heterocycles. The molecule has 1 atom stereocenters. The summed E-state index contributed by atoms with van der Waals surface area (Å²) < 4.78 is 0.831. The second-order valence-corrected chi connectivity index (χ2v) is 4.80. The standard InChI is InChI=1S/C6H16NO.C4H8O2/c1-6(8)5-7(2,3)4;1-3(2)4(5)6/h6,8H,5H2,1-4H3;3H,1-2H3,(H,5,6)/q+1;/p-1. The van der Waals surface area contributed by atoms with E-state index in [1.54, 1.807) is 13.8 Å². The van der Waals surface area contributed by atoms with Crippen molar-refractivity contribution in [2.75, 3.05) is 27.7 Å². The fourth-order valence-corrected chi connectivity index (χ4v) is 0.793. The van der Waals surface area contributed by atoms with E-state index in [9.17, 15) is 9.90 Å². The lowest BCUT2D eigenvalue weighted by Crippen LogP contribution is -2.40. The van der Waals surface area contributed by atoms with Crippen LogP contribution in [0.25, 0.3) is 0 Å². The third-order valence-electron chi connectivity index (χ3n) is 1.28. The first-order valence-electron chi connectivity index (χ1n) is 4.75. The molecule has 1 unspecified atom stereocenters. The molecular weight excluding hydrogens is 182 g/mol. The number of hydrogen-bond donors (Lipinski definition) is 1. The number of aliphatic hydroxyl groups excluding tert-OH is 1. The van der Waals surface area contributed by atoms with Crippen molar-refractivity contribution in [2.24, 2.45) is 5.92 Å². The highest BCUT2D eigenvalue weighted by molar-refractivity contribution is 5.66. The van der Waals surface area contributed by atoms with Crippen molar-refractivity contribution in [3.05, 3.63) is 0 Å². The highest BCUT2D eigenvalue weighted by atomic mass is 16.4. The lowest BCUT2D eigenvalue weighted by Gasteiger charge is -2.24. The van der Waals surface area contributed by atoms with Crippen molar-refractivity contribution < 1.29 is 19.5 Å². The van der Waals surface area contributed by atoms with Gasteiger partial charge in [-0.3, -0.25) is 0 Å². The molecule has 0 aliphatic carbocycles. The van der Waals surface area contributed by atoms with Crippen LogP contribution in [-0.4, -0.2) is 49.4 Å². The van der Waals surface area contributed by atoms with Crippen molar-refractivity contribution >= 4 is 5.97 Å². The number of likely N-dealkylation sites (N-methyl/N-ethyl adjacent to an activating group) is 1. The number of rotatable bonds is 3. The van der Waals surface area contributed by atoms with Gasteiger partial charge in [0.05, 0.1) is 21.1 Å². The Hall–Kier alpha value is -0.610. The molecule has 86 valence electrons. The highest BCUT2D eigenvalue weighted by Crippen LogP contribution is 1.92. The molecule has 0 spiro atoms. The lowest BCUT2D eigenvalue weighted by molar-refractivity contribution is -0.873. The average Bonchev–Trinajstić information content (AvgIpc) is 1.81. The van der Waals surface area contributed by atoms with Crippen LogP contribution in [0.1, 0.15) is 20.8 Å². The summed E-state index contributed by atoms with van der Waals surface area (Å²) in [4.78, 5) is 9.59. The van der Waals surface area contributed by atoms with Crippen molar-refractivity contribution in [3.8, 4) is 0 Å². The summed E-state index contributed by atoms with van der Waals surface area (Å²) in [6.45, 7) is 5.79. The summed E-state index contributed by atoms with van der Waals surface area (Å²) in [7, 11) is 6.19. The molecule has 0 aromatic rings. The zero-order valence-electron chi connectivity index (χ0n) is 10.1. The molecular formula is C10H23NO3. The summed E-state index contributed by atoms with van der Waals surface area (Å²) in [5.74, 6) is -1.33. The summed E-state index contributed by atoms with van der Waals surface area (Å²) in [6.07, 6.45) is -0.185. The zero-order valence-corrected chi connectivity index (χ0v) is 10.1. The average molecular weight is 205 g/mol. The number of nitrogens with zero attached hydrogens (tertiary/aromatic N) is 1. The van der Waals surface area contributed by atoms with Gasteiger partial charge in [0.2, 0.25) is 0 Å².